The number of nitrogens with zero attached hydrogens (tertiary/aromatic N) is 2. The molecule has 0 aromatic carbocycles. The molecule has 1 atom stereocenters. The molecule has 4 rings (SSSR count). The van der Waals surface area contributed by atoms with E-state index in [9.17, 15) is 0 Å². The Morgan fingerprint density at radius 2 is 2.09 bits per heavy atom. The van der Waals surface area contributed by atoms with Crippen molar-refractivity contribution in [1.82, 2.24) is 15.2 Å². The van der Waals surface area contributed by atoms with Gasteiger partial charge in [0.15, 0.2) is 5.76 Å². The molecule has 34 heavy (non-hydrogen) atoms. The highest BCUT2D eigenvalue weighted by atomic mass is 19.1. The van der Waals surface area contributed by atoms with Crippen molar-refractivity contribution in [3.05, 3.63) is 70.7 Å². The van der Waals surface area contributed by atoms with Gasteiger partial charge in [-0.15, -0.1) is 0 Å². The van der Waals surface area contributed by atoms with Gasteiger partial charge in [-0.05, 0) is 44.1 Å². The van der Waals surface area contributed by atoms with Gasteiger partial charge >= 0.3 is 0 Å². The molecule has 1 aromatic rings. The first-order chi connectivity index (χ1) is 16.6. The van der Waals surface area contributed by atoms with Gasteiger partial charge in [-0.25, -0.2) is 9.88 Å². The van der Waals surface area contributed by atoms with Crippen molar-refractivity contribution in [2.75, 3.05) is 39.9 Å². The predicted octanol–water partition coefficient (Wildman–Crippen LogP) is 4.39. The van der Waals surface area contributed by atoms with Gasteiger partial charge in [-0.1, -0.05) is 36.6 Å². The molecule has 8 heteroatoms. The zero-order valence-electron chi connectivity index (χ0n) is 20.3. The Bertz CT molecular complexity index is 965. The lowest BCUT2D eigenvalue weighted by Crippen LogP contribution is -2.48. The van der Waals surface area contributed by atoms with E-state index in [1.165, 1.54) is 20.0 Å². The number of pyridine rings is 1. The van der Waals surface area contributed by atoms with E-state index in [0.717, 1.165) is 41.9 Å². The molecule has 1 saturated carbocycles. The number of hydrogen-bond acceptors (Lipinski definition) is 7. The number of rotatable bonds is 9. The first-order valence-corrected chi connectivity index (χ1v) is 11.9. The summed E-state index contributed by atoms with van der Waals surface area (Å²) in [6.45, 7) is 1.10. The van der Waals surface area contributed by atoms with Crippen LogP contribution in [0.25, 0.3) is 0 Å². The Balaban J connectivity index is 1.57. The van der Waals surface area contributed by atoms with E-state index in [-0.39, 0.29) is 17.7 Å². The second-order valence-corrected chi connectivity index (χ2v) is 8.85. The summed E-state index contributed by atoms with van der Waals surface area (Å²) in [5, 5.41) is 6.21. The Hall–Kier alpha value is -2.68. The summed E-state index contributed by atoms with van der Waals surface area (Å²) in [6.07, 6.45) is 13.0. The van der Waals surface area contributed by atoms with E-state index in [2.05, 4.69) is 20.5 Å². The van der Waals surface area contributed by atoms with Gasteiger partial charge in [-0.3, -0.25) is 0 Å². The molecule has 0 bridgehead atoms. The van der Waals surface area contributed by atoms with Crippen LogP contribution >= 0.6 is 0 Å². The third kappa shape index (κ3) is 5.51. The van der Waals surface area contributed by atoms with Gasteiger partial charge in [0, 0.05) is 37.9 Å². The van der Waals surface area contributed by atoms with Gasteiger partial charge in [-0.2, -0.15) is 4.39 Å². The molecular formula is C26H35FN4O3. The van der Waals surface area contributed by atoms with Gasteiger partial charge in [0.25, 0.3) is 0 Å². The molecule has 2 N–H and O–H groups in total. The van der Waals surface area contributed by atoms with Gasteiger partial charge in [0.1, 0.15) is 24.5 Å². The van der Waals surface area contributed by atoms with E-state index >= 15 is 4.39 Å². The van der Waals surface area contributed by atoms with Crippen LogP contribution in [0.1, 0.15) is 37.7 Å². The molecule has 0 radical (unpaired) electrons. The molecule has 0 spiro atoms. The minimum Gasteiger partial charge on any atom is -0.498 e. The summed E-state index contributed by atoms with van der Waals surface area (Å²) in [7, 11) is 5.08. The van der Waals surface area contributed by atoms with E-state index in [4.69, 9.17) is 14.2 Å². The molecule has 1 unspecified atom stereocenters. The molecule has 2 aliphatic carbocycles. The number of likely N-dealkylation sites (N-methyl/N-ethyl adjacent to an activating group) is 1. The number of aromatic nitrogens is 1. The van der Waals surface area contributed by atoms with Crippen LogP contribution in [0.2, 0.25) is 0 Å². The first kappa shape index (κ1) is 24.4. The summed E-state index contributed by atoms with van der Waals surface area (Å²) >= 11 is 0. The van der Waals surface area contributed by atoms with Gasteiger partial charge in [0.2, 0.25) is 5.83 Å². The van der Waals surface area contributed by atoms with E-state index in [1.807, 2.05) is 43.7 Å². The molecule has 3 aliphatic rings. The fraction of sp³-hybridized carbons (Fsp3) is 0.500. The van der Waals surface area contributed by atoms with Crippen LogP contribution in [0.5, 0.6) is 0 Å². The van der Waals surface area contributed by atoms with Crippen molar-refractivity contribution in [3.8, 4) is 0 Å². The normalized spacial score (nSPS) is 22.0. The molecular weight excluding hydrogens is 435 g/mol. The number of anilines is 1. The SMILES string of the molecule is CNC/C=C\Nc1ccc(CC2=CC3=C(OCN(C4CCCC4)C3OC)C(F)=C(OC)C2)cn1. The maximum Gasteiger partial charge on any atom is 0.203 e. The third-order valence-corrected chi connectivity index (χ3v) is 6.57. The molecule has 1 aromatic heterocycles. The standard InChI is InChI=1S/C26H35FN4O3/c1-28-11-6-12-29-23-10-9-18(16-30-23)13-19-14-21-25(24(27)22(15-19)32-2)34-17-31(26(21)33-3)20-7-4-5-8-20/h6,9-10,12,14,16,20,26,28H,4-5,7-8,11,13,15,17H2,1-3H3,(H,29,30)/b12-6-. The molecule has 0 saturated heterocycles. The van der Waals surface area contributed by atoms with Crippen molar-refractivity contribution in [1.29, 1.82) is 0 Å². The zero-order valence-corrected chi connectivity index (χ0v) is 20.3. The Morgan fingerprint density at radius 3 is 2.76 bits per heavy atom. The summed E-state index contributed by atoms with van der Waals surface area (Å²) in [5.41, 5.74) is 2.78. The minimum atomic E-state index is -0.442. The second kappa shape index (κ2) is 11.6. The maximum absolute atomic E-state index is 15.4. The first-order valence-electron chi connectivity index (χ1n) is 11.9. The summed E-state index contributed by atoms with van der Waals surface area (Å²) in [6, 6.07) is 4.36. The van der Waals surface area contributed by atoms with Gasteiger partial charge in [0.05, 0.1) is 7.11 Å². The molecule has 0 amide bonds. The summed E-state index contributed by atoms with van der Waals surface area (Å²) in [5.74, 6) is 0.843. The molecule has 1 fully saturated rings. The number of methoxy groups -OCH3 is 2. The monoisotopic (exact) mass is 470 g/mol. The lowest BCUT2D eigenvalue weighted by Gasteiger charge is -2.39. The van der Waals surface area contributed by atoms with Crippen LogP contribution in [-0.2, 0) is 20.6 Å². The highest BCUT2D eigenvalue weighted by Crippen LogP contribution is 2.39. The maximum atomic E-state index is 15.4. The Morgan fingerprint density at radius 1 is 1.26 bits per heavy atom. The smallest absolute Gasteiger partial charge is 0.203 e. The van der Waals surface area contributed by atoms with Crippen molar-refractivity contribution >= 4 is 5.82 Å². The minimum absolute atomic E-state index is 0.235. The number of ether oxygens (including phenoxy) is 3. The van der Waals surface area contributed by atoms with Crippen molar-refractivity contribution in [3.63, 3.8) is 0 Å². The van der Waals surface area contributed by atoms with Crippen LogP contribution in [0, 0.1) is 0 Å². The molecule has 1 aliphatic heterocycles. The lowest BCUT2D eigenvalue weighted by atomic mass is 10.00. The highest BCUT2D eigenvalue weighted by molar-refractivity contribution is 5.45. The second-order valence-electron chi connectivity index (χ2n) is 8.85. The number of allylic oxidation sites excluding steroid dienone is 2. The van der Waals surface area contributed by atoms with Crippen molar-refractivity contribution in [2.24, 2.45) is 0 Å². The van der Waals surface area contributed by atoms with Crippen molar-refractivity contribution < 1.29 is 18.6 Å². The van der Waals surface area contributed by atoms with Crippen LogP contribution in [-0.4, -0.2) is 56.7 Å². The van der Waals surface area contributed by atoms with Crippen molar-refractivity contribution in [2.45, 2.75) is 50.8 Å². The Kier molecular flexibility index (Phi) is 8.37. The Labute approximate surface area is 201 Å². The topological polar surface area (TPSA) is 67.9 Å². The largest absolute Gasteiger partial charge is 0.498 e. The average Bonchev–Trinajstić information content (AvgIpc) is 3.36. The fourth-order valence-electron chi connectivity index (χ4n) is 4.86. The van der Waals surface area contributed by atoms with E-state index in [0.29, 0.717) is 25.6 Å². The summed E-state index contributed by atoms with van der Waals surface area (Å²) in [4.78, 5) is 6.72. The molecule has 2 heterocycles. The molecule has 7 nitrogen and oxygen atoms in total. The van der Waals surface area contributed by atoms with E-state index < -0.39 is 5.83 Å². The number of halogens is 1. The zero-order chi connectivity index (χ0) is 23.9. The third-order valence-electron chi connectivity index (χ3n) is 6.57. The fourth-order valence-corrected chi connectivity index (χ4v) is 4.86. The predicted molar refractivity (Wildman–Crippen MR) is 130 cm³/mol. The van der Waals surface area contributed by atoms with Gasteiger partial charge < -0.3 is 24.8 Å². The van der Waals surface area contributed by atoms with Crippen LogP contribution in [0.3, 0.4) is 0 Å². The molecule has 184 valence electrons. The average molecular weight is 471 g/mol. The summed E-state index contributed by atoms with van der Waals surface area (Å²) < 4.78 is 32.7. The highest BCUT2D eigenvalue weighted by Gasteiger charge is 2.38. The van der Waals surface area contributed by atoms with E-state index in [1.54, 1.807) is 7.11 Å². The number of nitrogens with one attached hydrogen (secondary N) is 2. The van der Waals surface area contributed by atoms with Crippen LogP contribution in [0.4, 0.5) is 10.2 Å². The lowest BCUT2D eigenvalue weighted by molar-refractivity contribution is -0.0987. The van der Waals surface area contributed by atoms with Crippen LogP contribution in [0.15, 0.2) is 65.2 Å². The quantitative estimate of drug-likeness (QED) is 0.555. The number of hydrogen-bond donors (Lipinski definition) is 2. The van der Waals surface area contributed by atoms with Crippen LogP contribution < -0.4 is 10.6 Å².